The highest BCUT2D eigenvalue weighted by atomic mass is 16.5. The van der Waals surface area contributed by atoms with Gasteiger partial charge in [0.25, 0.3) is 0 Å². The molecule has 1 amide bonds. The Labute approximate surface area is 140 Å². The monoisotopic (exact) mass is 334 g/mol. The van der Waals surface area contributed by atoms with E-state index in [-0.39, 0.29) is 0 Å². The summed E-state index contributed by atoms with van der Waals surface area (Å²) in [5, 5.41) is 2.75. The summed E-state index contributed by atoms with van der Waals surface area (Å²) in [4.78, 5) is 33.5. The third kappa shape index (κ3) is 3.14. The number of methoxy groups -OCH3 is 1. The molecular formula is C16H22N4O4. The average molecular weight is 334 g/mol. The molecule has 0 radical (unpaired) electrons. The fourth-order valence-corrected chi connectivity index (χ4v) is 3.06. The van der Waals surface area contributed by atoms with Gasteiger partial charge in [-0.15, -0.1) is 0 Å². The number of guanidine groups is 1. The van der Waals surface area contributed by atoms with Crippen molar-refractivity contribution < 1.29 is 18.7 Å². The number of carbonyl (C=O) groups is 2. The van der Waals surface area contributed by atoms with Crippen LogP contribution in [0.2, 0.25) is 0 Å². The Balaban J connectivity index is 1.86. The van der Waals surface area contributed by atoms with E-state index in [0.29, 0.717) is 11.7 Å². The number of carbonyl (C=O) groups excluding carboxylic acids is 2. The normalized spacial score (nSPS) is 25.2. The van der Waals surface area contributed by atoms with Gasteiger partial charge in [-0.1, -0.05) is 6.92 Å². The Morgan fingerprint density at radius 3 is 2.75 bits per heavy atom. The Morgan fingerprint density at radius 1 is 1.42 bits per heavy atom. The highest BCUT2D eigenvalue weighted by Crippen LogP contribution is 2.31. The second kappa shape index (κ2) is 7.04. The highest BCUT2D eigenvalue weighted by molar-refractivity contribution is 6.08. The van der Waals surface area contributed by atoms with Crippen LogP contribution in [0, 0.1) is 5.92 Å². The van der Waals surface area contributed by atoms with Gasteiger partial charge in [0.05, 0.1) is 13.4 Å². The van der Waals surface area contributed by atoms with Gasteiger partial charge in [-0.2, -0.15) is 0 Å². The third-order valence-electron chi connectivity index (χ3n) is 4.50. The number of hydrogen-bond donors (Lipinski definition) is 1. The van der Waals surface area contributed by atoms with Crippen molar-refractivity contribution in [3.8, 4) is 0 Å². The Kier molecular flexibility index (Phi) is 4.84. The molecule has 1 N–H and O–H groups in total. The number of ether oxygens (including phenoxy) is 1. The van der Waals surface area contributed by atoms with Crippen molar-refractivity contribution in [2.45, 2.75) is 13.0 Å². The van der Waals surface area contributed by atoms with E-state index in [0.717, 1.165) is 32.7 Å². The lowest BCUT2D eigenvalue weighted by Gasteiger charge is -2.38. The molecule has 0 aromatic carbocycles. The van der Waals surface area contributed by atoms with E-state index in [4.69, 9.17) is 9.15 Å². The van der Waals surface area contributed by atoms with Gasteiger partial charge in [-0.05, 0) is 18.7 Å². The predicted molar refractivity (Wildman–Crippen MR) is 86.2 cm³/mol. The number of nitrogens with one attached hydrogen (secondary N) is 1. The molecule has 1 aromatic rings. The first-order valence-corrected chi connectivity index (χ1v) is 8.11. The number of furan rings is 1. The summed E-state index contributed by atoms with van der Waals surface area (Å²) in [5.41, 5.74) is 0. The van der Waals surface area contributed by atoms with Crippen molar-refractivity contribution in [2.75, 3.05) is 39.8 Å². The highest BCUT2D eigenvalue weighted by Gasteiger charge is 2.43. The molecular weight excluding hydrogens is 312 g/mol. The molecule has 3 rings (SSSR count). The van der Waals surface area contributed by atoms with E-state index in [2.05, 4.69) is 22.1 Å². The number of hydrogen-bond acceptors (Lipinski definition) is 7. The molecule has 0 spiro atoms. The second-order valence-corrected chi connectivity index (χ2v) is 5.82. The maximum Gasteiger partial charge on any atom is 0.320 e. The van der Waals surface area contributed by atoms with Crippen molar-refractivity contribution in [2.24, 2.45) is 10.9 Å². The van der Waals surface area contributed by atoms with Crippen LogP contribution in [-0.2, 0) is 14.3 Å². The molecule has 1 saturated heterocycles. The van der Waals surface area contributed by atoms with Crippen LogP contribution in [0.3, 0.4) is 0 Å². The largest absolute Gasteiger partial charge is 0.468 e. The molecule has 3 heterocycles. The van der Waals surface area contributed by atoms with E-state index < -0.39 is 23.8 Å². The Hall–Kier alpha value is -2.35. The Bertz CT molecular complexity index is 620. The molecule has 0 bridgehead atoms. The van der Waals surface area contributed by atoms with Crippen LogP contribution in [0.4, 0.5) is 0 Å². The van der Waals surface area contributed by atoms with E-state index in [1.807, 2.05) is 4.90 Å². The van der Waals surface area contributed by atoms with Gasteiger partial charge in [0.15, 0.2) is 5.92 Å². The molecule has 1 aromatic heterocycles. The van der Waals surface area contributed by atoms with Crippen LogP contribution in [-0.4, -0.2) is 67.5 Å². The van der Waals surface area contributed by atoms with Crippen molar-refractivity contribution >= 4 is 17.8 Å². The molecule has 2 aliphatic rings. The summed E-state index contributed by atoms with van der Waals surface area (Å²) in [7, 11) is 1.26. The van der Waals surface area contributed by atoms with Crippen molar-refractivity contribution in [3.05, 3.63) is 24.2 Å². The first-order chi connectivity index (χ1) is 11.6. The number of esters is 1. The van der Waals surface area contributed by atoms with E-state index in [9.17, 15) is 9.59 Å². The van der Waals surface area contributed by atoms with Gasteiger partial charge >= 0.3 is 5.97 Å². The fourth-order valence-electron chi connectivity index (χ4n) is 3.06. The van der Waals surface area contributed by atoms with Crippen LogP contribution >= 0.6 is 0 Å². The summed E-state index contributed by atoms with van der Waals surface area (Å²) in [6.45, 7) is 6.52. The molecule has 0 saturated carbocycles. The molecule has 130 valence electrons. The average Bonchev–Trinajstić information content (AvgIpc) is 3.15. The zero-order valence-electron chi connectivity index (χ0n) is 13.9. The summed E-state index contributed by atoms with van der Waals surface area (Å²) in [6.07, 6.45) is 1.51. The first kappa shape index (κ1) is 16.5. The molecule has 0 aliphatic carbocycles. The van der Waals surface area contributed by atoms with Gasteiger partial charge in [0.2, 0.25) is 11.9 Å². The lowest BCUT2D eigenvalue weighted by Crippen LogP contribution is -2.57. The number of aliphatic imine (C=N–C) groups is 1. The molecule has 8 heteroatoms. The van der Waals surface area contributed by atoms with Gasteiger partial charge in [-0.25, -0.2) is 4.99 Å². The van der Waals surface area contributed by atoms with E-state index >= 15 is 0 Å². The molecule has 2 atom stereocenters. The molecule has 24 heavy (non-hydrogen) atoms. The van der Waals surface area contributed by atoms with Gasteiger partial charge in [-0.3, -0.25) is 14.9 Å². The zero-order valence-corrected chi connectivity index (χ0v) is 13.9. The zero-order chi connectivity index (χ0) is 17.1. The topological polar surface area (TPSA) is 87.4 Å². The smallest absolute Gasteiger partial charge is 0.320 e. The van der Waals surface area contributed by atoms with Crippen LogP contribution in [0.15, 0.2) is 27.8 Å². The minimum atomic E-state index is -1.04. The number of nitrogens with zero attached hydrogens (tertiary/aromatic N) is 3. The summed E-state index contributed by atoms with van der Waals surface area (Å²) >= 11 is 0. The number of likely N-dealkylation sites (N-methyl/N-ethyl adjacent to an activating group) is 1. The SMILES string of the molecule is CCN1CCN(C2=N[C@H](c3ccco3)[C@@H](C(=O)OC)C(=O)N2)CC1. The van der Waals surface area contributed by atoms with Crippen molar-refractivity contribution in [1.82, 2.24) is 15.1 Å². The van der Waals surface area contributed by atoms with Crippen LogP contribution in [0.1, 0.15) is 18.7 Å². The maximum absolute atomic E-state index is 12.5. The fraction of sp³-hybridized carbons (Fsp3) is 0.562. The quantitative estimate of drug-likeness (QED) is 0.629. The van der Waals surface area contributed by atoms with Crippen LogP contribution in [0.25, 0.3) is 0 Å². The summed E-state index contributed by atoms with van der Waals surface area (Å²) in [6, 6.07) is 2.72. The van der Waals surface area contributed by atoms with Gasteiger partial charge in [0.1, 0.15) is 11.8 Å². The lowest BCUT2D eigenvalue weighted by molar-refractivity contribution is -0.151. The van der Waals surface area contributed by atoms with Gasteiger partial charge in [0, 0.05) is 26.2 Å². The standard InChI is InChI=1S/C16H22N4O4/c1-3-19-6-8-20(9-7-19)16-17-13(11-5-4-10-24-11)12(14(21)18-16)15(22)23-2/h4-5,10,12-13H,3,6-9H2,1-2H3,(H,17,18,21)/t12-,13-/m1/s1. The maximum atomic E-state index is 12.5. The number of rotatable bonds is 3. The summed E-state index contributed by atoms with van der Waals surface area (Å²) < 4.78 is 10.2. The van der Waals surface area contributed by atoms with Crippen molar-refractivity contribution in [1.29, 1.82) is 0 Å². The van der Waals surface area contributed by atoms with Crippen LogP contribution < -0.4 is 5.32 Å². The molecule has 8 nitrogen and oxygen atoms in total. The lowest BCUT2D eigenvalue weighted by atomic mass is 9.95. The minimum Gasteiger partial charge on any atom is -0.468 e. The second-order valence-electron chi connectivity index (χ2n) is 5.82. The number of piperazine rings is 1. The first-order valence-electron chi connectivity index (χ1n) is 8.11. The Morgan fingerprint density at radius 2 is 2.17 bits per heavy atom. The minimum absolute atomic E-state index is 0.411. The predicted octanol–water partition coefficient (Wildman–Crippen LogP) is 0.233. The van der Waals surface area contributed by atoms with Crippen molar-refractivity contribution in [3.63, 3.8) is 0 Å². The third-order valence-corrected chi connectivity index (χ3v) is 4.50. The molecule has 0 unspecified atom stereocenters. The van der Waals surface area contributed by atoms with Crippen LogP contribution in [0.5, 0.6) is 0 Å². The molecule has 1 fully saturated rings. The molecule has 2 aliphatic heterocycles. The van der Waals surface area contributed by atoms with Gasteiger partial charge < -0.3 is 19.0 Å². The summed E-state index contributed by atoms with van der Waals surface area (Å²) in [5.74, 6) is -1.09. The van der Waals surface area contributed by atoms with E-state index in [1.54, 1.807) is 12.1 Å². The number of amides is 1. The van der Waals surface area contributed by atoms with E-state index in [1.165, 1.54) is 13.4 Å².